The molecule has 1 aromatic heterocycles. The number of carboxylic acid groups (broad SMARTS) is 1. The monoisotopic (exact) mass is 242 g/mol. The van der Waals surface area contributed by atoms with E-state index in [0.717, 1.165) is 12.3 Å². The second kappa shape index (κ2) is 5.09. The fourth-order valence-electron chi connectivity index (χ4n) is 1.14. The van der Waals surface area contributed by atoms with Crippen LogP contribution >= 0.6 is 0 Å². The van der Waals surface area contributed by atoms with Crippen LogP contribution in [-0.2, 0) is 0 Å². The SMILES string of the molecule is CCC(C)(O)CNc1ncc(F)cc1C(=O)O. The number of aliphatic hydroxyl groups is 1. The van der Waals surface area contributed by atoms with Crippen molar-refractivity contribution in [3.63, 3.8) is 0 Å². The molecule has 3 N–H and O–H groups in total. The third-order valence-electron chi connectivity index (χ3n) is 2.48. The molecule has 1 unspecified atom stereocenters. The van der Waals surface area contributed by atoms with Crippen LogP contribution in [0.4, 0.5) is 10.2 Å². The van der Waals surface area contributed by atoms with Crippen LogP contribution in [0.15, 0.2) is 12.3 Å². The molecule has 0 spiro atoms. The summed E-state index contributed by atoms with van der Waals surface area (Å²) in [6.07, 6.45) is 1.43. The normalized spacial score (nSPS) is 14.1. The fraction of sp³-hybridized carbons (Fsp3) is 0.455. The van der Waals surface area contributed by atoms with Gasteiger partial charge in [0, 0.05) is 6.54 Å². The van der Waals surface area contributed by atoms with Crippen LogP contribution in [0.5, 0.6) is 0 Å². The number of pyridine rings is 1. The van der Waals surface area contributed by atoms with Crippen LogP contribution in [-0.4, -0.2) is 33.3 Å². The molecule has 5 nitrogen and oxygen atoms in total. The summed E-state index contributed by atoms with van der Waals surface area (Å²) in [5, 5.41) is 21.3. The standard InChI is InChI=1S/C11H15FN2O3/c1-3-11(2,17)6-14-9-8(10(15)16)4-7(12)5-13-9/h4-5,17H,3,6H2,1-2H3,(H,13,14)(H,15,16). The topological polar surface area (TPSA) is 82.5 Å². The Morgan fingerprint density at radius 1 is 1.65 bits per heavy atom. The summed E-state index contributed by atoms with van der Waals surface area (Å²) in [5.74, 6) is -1.93. The minimum absolute atomic E-state index is 0.0487. The summed E-state index contributed by atoms with van der Waals surface area (Å²) in [4.78, 5) is 14.5. The minimum atomic E-state index is -1.27. The average molecular weight is 242 g/mol. The molecule has 1 aromatic rings. The van der Waals surface area contributed by atoms with Gasteiger partial charge in [0.25, 0.3) is 0 Å². The molecule has 0 aromatic carbocycles. The Hall–Kier alpha value is -1.69. The highest BCUT2D eigenvalue weighted by atomic mass is 19.1. The first-order valence-electron chi connectivity index (χ1n) is 5.21. The van der Waals surface area contributed by atoms with Gasteiger partial charge in [0.2, 0.25) is 0 Å². The Labute approximate surface area is 98.3 Å². The van der Waals surface area contributed by atoms with Crippen LogP contribution in [0, 0.1) is 5.82 Å². The lowest BCUT2D eigenvalue weighted by atomic mass is 10.0. The van der Waals surface area contributed by atoms with Gasteiger partial charge in [-0.2, -0.15) is 0 Å². The summed E-state index contributed by atoms with van der Waals surface area (Å²) in [6, 6.07) is 0.887. The van der Waals surface area contributed by atoms with Gasteiger partial charge in [-0.25, -0.2) is 14.2 Å². The molecule has 94 valence electrons. The number of nitrogens with zero attached hydrogens (tertiary/aromatic N) is 1. The van der Waals surface area contributed by atoms with Gasteiger partial charge in [-0.05, 0) is 19.4 Å². The van der Waals surface area contributed by atoms with Crippen molar-refractivity contribution in [2.75, 3.05) is 11.9 Å². The van der Waals surface area contributed by atoms with Gasteiger partial charge in [0.1, 0.15) is 17.2 Å². The Morgan fingerprint density at radius 3 is 2.82 bits per heavy atom. The molecule has 0 saturated carbocycles. The van der Waals surface area contributed by atoms with E-state index >= 15 is 0 Å². The second-order valence-corrected chi connectivity index (χ2v) is 4.06. The predicted molar refractivity (Wildman–Crippen MR) is 60.6 cm³/mol. The zero-order valence-corrected chi connectivity index (χ0v) is 9.70. The summed E-state index contributed by atoms with van der Waals surface area (Å²) >= 11 is 0. The number of carbonyl (C=O) groups is 1. The number of hydrogen-bond donors (Lipinski definition) is 3. The van der Waals surface area contributed by atoms with E-state index in [2.05, 4.69) is 10.3 Å². The minimum Gasteiger partial charge on any atom is -0.478 e. The Morgan fingerprint density at radius 2 is 2.29 bits per heavy atom. The van der Waals surface area contributed by atoms with E-state index in [1.807, 2.05) is 0 Å². The maximum atomic E-state index is 12.8. The molecule has 0 saturated heterocycles. The molecule has 0 aliphatic carbocycles. The molecule has 0 fully saturated rings. The van der Waals surface area contributed by atoms with Crippen molar-refractivity contribution >= 4 is 11.8 Å². The molecule has 1 rings (SSSR count). The van der Waals surface area contributed by atoms with Gasteiger partial charge < -0.3 is 15.5 Å². The Bertz CT molecular complexity index is 421. The number of aromatic carboxylic acids is 1. The second-order valence-electron chi connectivity index (χ2n) is 4.06. The van der Waals surface area contributed by atoms with Crippen molar-refractivity contribution in [1.82, 2.24) is 4.98 Å². The molecule has 0 bridgehead atoms. The number of carboxylic acids is 1. The average Bonchev–Trinajstić information content (AvgIpc) is 2.27. The molecular formula is C11H15FN2O3. The first-order valence-corrected chi connectivity index (χ1v) is 5.21. The van der Waals surface area contributed by atoms with Crippen LogP contribution in [0.2, 0.25) is 0 Å². The summed E-state index contributed by atoms with van der Waals surface area (Å²) in [7, 11) is 0. The number of hydrogen-bond acceptors (Lipinski definition) is 4. The highest BCUT2D eigenvalue weighted by molar-refractivity contribution is 5.93. The zero-order chi connectivity index (χ0) is 13.1. The molecule has 17 heavy (non-hydrogen) atoms. The molecule has 0 aliphatic heterocycles. The molecule has 1 heterocycles. The van der Waals surface area contributed by atoms with Crippen molar-refractivity contribution in [2.45, 2.75) is 25.9 Å². The number of aromatic nitrogens is 1. The third kappa shape index (κ3) is 3.67. The van der Waals surface area contributed by atoms with Gasteiger partial charge in [0.15, 0.2) is 0 Å². The Kier molecular flexibility index (Phi) is 4.01. The summed E-state index contributed by atoms with van der Waals surface area (Å²) in [6.45, 7) is 3.56. The van der Waals surface area contributed by atoms with E-state index in [9.17, 15) is 14.3 Å². The van der Waals surface area contributed by atoms with Crippen LogP contribution in [0.25, 0.3) is 0 Å². The molecule has 6 heteroatoms. The lowest BCUT2D eigenvalue weighted by Crippen LogP contribution is -2.33. The zero-order valence-electron chi connectivity index (χ0n) is 9.70. The molecular weight excluding hydrogens is 227 g/mol. The highest BCUT2D eigenvalue weighted by Crippen LogP contribution is 2.16. The smallest absolute Gasteiger partial charge is 0.339 e. The van der Waals surface area contributed by atoms with Crippen molar-refractivity contribution in [3.05, 3.63) is 23.6 Å². The number of rotatable bonds is 5. The van der Waals surface area contributed by atoms with Gasteiger partial charge in [-0.15, -0.1) is 0 Å². The molecule has 0 amide bonds. The van der Waals surface area contributed by atoms with Gasteiger partial charge in [-0.1, -0.05) is 6.92 Å². The lowest BCUT2D eigenvalue weighted by molar-refractivity contribution is 0.0676. The lowest BCUT2D eigenvalue weighted by Gasteiger charge is -2.22. The number of halogens is 1. The van der Waals surface area contributed by atoms with Crippen molar-refractivity contribution in [1.29, 1.82) is 0 Å². The van der Waals surface area contributed by atoms with Crippen LogP contribution < -0.4 is 5.32 Å². The first kappa shape index (κ1) is 13.4. The predicted octanol–water partition coefficient (Wildman–Crippen LogP) is 1.49. The maximum Gasteiger partial charge on any atom is 0.339 e. The molecule has 0 radical (unpaired) electrons. The fourth-order valence-corrected chi connectivity index (χ4v) is 1.14. The van der Waals surface area contributed by atoms with Crippen LogP contribution in [0.3, 0.4) is 0 Å². The van der Waals surface area contributed by atoms with Crippen molar-refractivity contribution in [3.8, 4) is 0 Å². The quantitative estimate of drug-likeness (QED) is 0.728. The van der Waals surface area contributed by atoms with E-state index in [-0.39, 0.29) is 17.9 Å². The third-order valence-corrected chi connectivity index (χ3v) is 2.48. The maximum absolute atomic E-state index is 12.8. The van der Waals surface area contributed by atoms with Crippen LogP contribution in [0.1, 0.15) is 30.6 Å². The largest absolute Gasteiger partial charge is 0.478 e. The van der Waals surface area contributed by atoms with E-state index in [1.54, 1.807) is 13.8 Å². The number of nitrogens with one attached hydrogen (secondary N) is 1. The van der Waals surface area contributed by atoms with Gasteiger partial charge in [0.05, 0.1) is 11.8 Å². The van der Waals surface area contributed by atoms with E-state index < -0.39 is 17.4 Å². The number of anilines is 1. The van der Waals surface area contributed by atoms with E-state index in [0.29, 0.717) is 6.42 Å². The van der Waals surface area contributed by atoms with E-state index in [4.69, 9.17) is 5.11 Å². The molecule has 0 aliphatic rings. The van der Waals surface area contributed by atoms with Crippen molar-refractivity contribution < 1.29 is 19.4 Å². The Balaban J connectivity index is 2.88. The van der Waals surface area contributed by atoms with Gasteiger partial charge >= 0.3 is 5.97 Å². The molecule has 1 atom stereocenters. The first-order chi connectivity index (χ1) is 7.85. The summed E-state index contributed by atoms with van der Waals surface area (Å²) < 4.78 is 12.8. The highest BCUT2D eigenvalue weighted by Gasteiger charge is 2.19. The summed E-state index contributed by atoms with van der Waals surface area (Å²) in [5.41, 5.74) is -1.22. The van der Waals surface area contributed by atoms with Gasteiger partial charge in [-0.3, -0.25) is 0 Å². The van der Waals surface area contributed by atoms with Crippen molar-refractivity contribution in [2.24, 2.45) is 0 Å². The van der Waals surface area contributed by atoms with E-state index in [1.165, 1.54) is 0 Å².